The van der Waals surface area contributed by atoms with Crippen molar-refractivity contribution in [3.05, 3.63) is 41.1 Å². The Morgan fingerprint density at radius 3 is 2.27 bits per heavy atom. The molecule has 1 aromatic rings. The number of benzene rings is 1. The zero-order valence-electron chi connectivity index (χ0n) is 12.5. The van der Waals surface area contributed by atoms with Crippen molar-refractivity contribution in [3.8, 4) is 18.2 Å². The first kappa shape index (κ1) is 16.8. The molecule has 110 valence electrons. The lowest BCUT2D eigenvalue weighted by atomic mass is 10.1. The molecule has 0 atom stereocenters. The number of esters is 1. The molecule has 0 radical (unpaired) electrons. The summed E-state index contributed by atoms with van der Waals surface area (Å²) in [6.07, 6.45) is 0. The molecule has 0 aliphatic heterocycles. The van der Waals surface area contributed by atoms with Gasteiger partial charge in [-0.2, -0.15) is 15.8 Å². The lowest BCUT2D eigenvalue weighted by molar-refractivity contribution is 0.00696. The molecule has 22 heavy (non-hydrogen) atoms. The van der Waals surface area contributed by atoms with Crippen molar-refractivity contribution in [1.29, 1.82) is 15.8 Å². The van der Waals surface area contributed by atoms with Crippen molar-refractivity contribution < 1.29 is 9.53 Å². The van der Waals surface area contributed by atoms with Crippen molar-refractivity contribution in [2.24, 2.45) is 0 Å². The Labute approximate surface area is 128 Å². The number of nitriles is 3. The average Bonchev–Trinajstić information content (AvgIpc) is 2.46. The average molecular weight is 294 g/mol. The highest BCUT2D eigenvalue weighted by Gasteiger charge is 2.18. The van der Waals surface area contributed by atoms with Gasteiger partial charge in [0.25, 0.3) is 0 Å². The summed E-state index contributed by atoms with van der Waals surface area (Å²) >= 11 is 0. The molecule has 0 bridgehead atoms. The van der Waals surface area contributed by atoms with Crippen LogP contribution in [0, 0.1) is 34.0 Å². The van der Waals surface area contributed by atoms with Crippen LogP contribution in [0.25, 0.3) is 0 Å². The maximum atomic E-state index is 12.0. The summed E-state index contributed by atoms with van der Waals surface area (Å²) in [6, 6.07) is 11.3. The summed E-state index contributed by atoms with van der Waals surface area (Å²) in [5, 5.41) is 29.2. The Morgan fingerprint density at radius 1 is 1.14 bits per heavy atom. The highest BCUT2D eigenvalue weighted by atomic mass is 16.6. The second-order valence-corrected chi connectivity index (χ2v) is 5.29. The molecule has 1 N–H and O–H groups in total. The van der Waals surface area contributed by atoms with Gasteiger partial charge in [-0.25, -0.2) is 4.79 Å². The number of carbonyl (C=O) groups is 1. The zero-order chi connectivity index (χ0) is 16.8. The summed E-state index contributed by atoms with van der Waals surface area (Å²) in [5.74, 6) is -0.501. The van der Waals surface area contributed by atoms with Crippen LogP contribution in [0.15, 0.2) is 35.5 Å². The van der Waals surface area contributed by atoms with E-state index in [2.05, 4.69) is 5.32 Å². The normalized spacial score (nSPS) is 9.64. The smallest absolute Gasteiger partial charge is 0.338 e. The third kappa shape index (κ3) is 4.67. The van der Waals surface area contributed by atoms with Crippen LogP contribution in [0.4, 0.5) is 5.69 Å². The number of rotatable bonds is 3. The molecule has 6 heteroatoms. The van der Waals surface area contributed by atoms with Gasteiger partial charge in [-0.05, 0) is 39.0 Å². The molecule has 0 aliphatic carbocycles. The molecule has 0 heterocycles. The molecule has 0 amide bonds. The monoisotopic (exact) mass is 294 g/mol. The van der Waals surface area contributed by atoms with E-state index in [1.807, 2.05) is 0 Å². The van der Waals surface area contributed by atoms with Crippen LogP contribution < -0.4 is 5.32 Å². The van der Waals surface area contributed by atoms with Crippen LogP contribution in [-0.2, 0) is 4.74 Å². The molecule has 1 aromatic carbocycles. The Kier molecular flexibility index (Phi) is 5.27. The molecule has 0 saturated carbocycles. The van der Waals surface area contributed by atoms with Crippen LogP contribution in [0.5, 0.6) is 0 Å². The number of allylic oxidation sites excluding steroid dienone is 2. The van der Waals surface area contributed by atoms with Gasteiger partial charge in [0, 0.05) is 5.69 Å². The first-order chi connectivity index (χ1) is 10.3. The number of hydrogen-bond donors (Lipinski definition) is 1. The summed E-state index contributed by atoms with van der Waals surface area (Å²) in [5.41, 5.74) is -0.417. The van der Waals surface area contributed by atoms with Crippen LogP contribution >= 0.6 is 0 Å². The van der Waals surface area contributed by atoms with E-state index in [-0.39, 0.29) is 11.3 Å². The van der Waals surface area contributed by atoms with Gasteiger partial charge in [-0.3, -0.25) is 0 Å². The Hall–Kier alpha value is -3.30. The van der Waals surface area contributed by atoms with Crippen LogP contribution in [-0.4, -0.2) is 11.6 Å². The molecule has 0 fully saturated rings. The highest BCUT2D eigenvalue weighted by Crippen LogP contribution is 2.17. The molecule has 0 saturated heterocycles. The number of nitrogens with zero attached hydrogens (tertiary/aromatic N) is 3. The van der Waals surface area contributed by atoms with Gasteiger partial charge in [0.15, 0.2) is 5.57 Å². The molecule has 0 spiro atoms. The maximum Gasteiger partial charge on any atom is 0.338 e. The fourth-order valence-electron chi connectivity index (χ4n) is 1.49. The quantitative estimate of drug-likeness (QED) is 0.678. The largest absolute Gasteiger partial charge is 0.456 e. The van der Waals surface area contributed by atoms with Gasteiger partial charge in [-0.1, -0.05) is 6.07 Å². The minimum atomic E-state index is -0.618. The number of hydrogen-bond acceptors (Lipinski definition) is 6. The van der Waals surface area contributed by atoms with E-state index < -0.39 is 11.6 Å². The number of carbonyl (C=O) groups excluding carboxylic acids is 1. The summed E-state index contributed by atoms with van der Waals surface area (Å²) in [7, 11) is 0. The summed E-state index contributed by atoms with van der Waals surface area (Å²) in [4.78, 5) is 12.0. The van der Waals surface area contributed by atoms with E-state index in [4.69, 9.17) is 20.5 Å². The lowest BCUT2D eigenvalue weighted by Crippen LogP contribution is -2.23. The first-order valence-electron chi connectivity index (χ1n) is 6.35. The lowest BCUT2D eigenvalue weighted by Gasteiger charge is -2.19. The Bertz CT molecular complexity index is 721. The van der Waals surface area contributed by atoms with E-state index in [1.54, 1.807) is 57.2 Å². The zero-order valence-corrected chi connectivity index (χ0v) is 12.5. The Balaban J connectivity index is 3.07. The Morgan fingerprint density at radius 2 is 1.77 bits per heavy atom. The van der Waals surface area contributed by atoms with Crippen LogP contribution in [0.1, 0.15) is 31.1 Å². The predicted molar refractivity (Wildman–Crippen MR) is 79.1 cm³/mol. The van der Waals surface area contributed by atoms with E-state index in [1.165, 1.54) is 6.07 Å². The third-order valence-electron chi connectivity index (χ3n) is 2.35. The highest BCUT2D eigenvalue weighted by molar-refractivity contribution is 5.91. The standard InChI is InChI=1S/C16H14N4O2/c1-16(2,3)22-15(21)11-5-4-6-13(7-11)20-14(10-19)12(8-17)9-18/h4-7,20H,1-3H3. The van der Waals surface area contributed by atoms with Crippen molar-refractivity contribution in [2.75, 3.05) is 5.32 Å². The van der Waals surface area contributed by atoms with Crippen LogP contribution in [0.2, 0.25) is 0 Å². The third-order valence-corrected chi connectivity index (χ3v) is 2.35. The molecular weight excluding hydrogens is 280 g/mol. The minimum absolute atomic E-state index is 0.175. The van der Waals surface area contributed by atoms with Crippen molar-refractivity contribution in [1.82, 2.24) is 0 Å². The molecule has 1 rings (SSSR count). The molecule has 0 unspecified atom stereocenters. The molecule has 0 aliphatic rings. The van der Waals surface area contributed by atoms with Gasteiger partial charge in [0.2, 0.25) is 0 Å². The van der Waals surface area contributed by atoms with E-state index in [0.717, 1.165) is 0 Å². The topological polar surface area (TPSA) is 110 Å². The van der Waals surface area contributed by atoms with Gasteiger partial charge < -0.3 is 10.1 Å². The van der Waals surface area contributed by atoms with Crippen molar-refractivity contribution in [2.45, 2.75) is 26.4 Å². The predicted octanol–water partition coefficient (Wildman–Crippen LogP) is 2.88. The fraction of sp³-hybridized carbons (Fsp3) is 0.250. The summed E-state index contributed by atoms with van der Waals surface area (Å²) < 4.78 is 5.25. The first-order valence-corrected chi connectivity index (χ1v) is 6.35. The van der Waals surface area contributed by atoms with E-state index >= 15 is 0 Å². The van der Waals surface area contributed by atoms with E-state index in [9.17, 15) is 4.79 Å². The minimum Gasteiger partial charge on any atom is -0.456 e. The number of anilines is 1. The van der Waals surface area contributed by atoms with Crippen LogP contribution in [0.3, 0.4) is 0 Å². The SMILES string of the molecule is CC(C)(C)OC(=O)c1cccc(NC(C#N)=C(C#N)C#N)c1. The molecule has 0 aromatic heterocycles. The van der Waals surface area contributed by atoms with Gasteiger partial charge >= 0.3 is 5.97 Å². The van der Waals surface area contributed by atoms with Gasteiger partial charge in [0.05, 0.1) is 5.56 Å². The van der Waals surface area contributed by atoms with E-state index in [0.29, 0.717) is 11.3 Å². The van der Waals surface area contributed by atoms with Gasteiger partial charge in [0.1, 0.15) is 29.5 Å². The number of nitrogens with one attached hydrogen (secondary N) is 1. The molecule has 6 nitrogen and oxygen atoms in total. The summed E-state index contributed by atoms with van der Waals surface area (Å²) in [6.45, 7) is 5.28. The second-order valence-electron chi connectivity index (χ2n) is 5.29. The fourth-order valence-corrected chi connectivity index (χ4v) is 1.49. The second kappa shape index (κ2) is 6.92. The van der Waals surface area contributed by atoms with Gasteiger partial charge in [-0.15, -0.1) is 0 Å². The van der Waals surface area contributed by atoms with Crippen molar-refractivity contribution >= 4 is 11.7 Å². The molecular formula is C16H14N4O2. The number of ether oxygens (including phenoxy) is 1. The van der Waals surface area contributed by atoms with Crippen molar-refractivity contribution in [3.63, 3.8) is 0 Å². The maximum absolute atomic E-state index is 12.0.